The molecule has 0 heterocycles. The molecule has 0 spiro atoms. The van der Waals surface area contributed by atoms with Crippen molar-refractivity contribution in [2.24, 2.45) is 0 Å². The molecule has 0 radical (unpaired) electrons. The maximum absolute atomic E-state index is 12.1. The smallest absolute Gasteiger partial charge is 0.180 e. The van der Waals surface area contributed by atoms with Crippen molar-refractivity contribution in [3.63, 3.8) is 0 Å². The zero-order valence-corrected chi connectivity index (χ0v) is 12.5. The Hall–Kier alpha value is -0.840. The van der Waals surface area contributed by atoms with Crippen molar-refractivity contribution in [1.82, 2.24) is 0 Å². The molecule has 0 N–H and O–H groups in total. The van der Waals surface area contributed by atoms with Crippen molar-refractivity contribution in [3.8, 4) is 0 Å². The fourth-order valence-electron chi connectivity index (χ4n) is 1.53. The third-order valence-corrected chi connectivity index (χ3v) is 4.66. The highest BCUT2D eigenvalue weighted by atomic mass is 35.5. The lowest BCUT2D eigenvalue weighted by atomic mass is 10.4. The lowest BCUT2D eigenvalue weighted by Crippen LogP contribution is -2.26. The lowest BCUT2D eigenvalue weighted by Gasteiger charge is -2.14. The number of halogens is 1. The van der Waals surface area contributed by atoms with Crippen molar-refractivity contribution in [3.05, 3.63) is 42.5 Å². The SMILES string of the molecule is CC/C=C/COC(CCl)CS(=O)(=O)c1ccccc1. The largest absolute Gasteiger partial charge is 0.372 e. The van der Waals surface area contributed by atoms with Gasteiger partial charge in [-0.05, 0) is 18.6 Å². The molecule has 0 aromatic heterocycles. The number of alkyl halides is 1. The highest BCUT2D eigenvalue weighted by Crippen LogP contribution is 2.13. The minimum Gasteiger partial charge on any atom is -0.372 e. The van der Waals surface area contributed by atoms with E-state index >= 15 is 0 Å². The monoisotopic (exact) mass is 302 g/mol. The summed E-state index contributed by atoms with van der Waals surface area (Å²) < 4.78 is 29.7. The van der Waals surface area contributed by atoms with Gasteiger partial charge in [0.15, 0.2) is 9.84 Å². The first-order valence-corrected chi connectivity index (χ1v) is 8.39. The van der Waals surface area contributed by atoms with E-state index in [2.05, 4.69) is 0 Å². The van der Waals surface area contributed by atoms with Gasteiger partial charge < -0.3 is 4.74 Å². The van der Waals surface area contributed by atoms with Gasteiger partial charge in [-0.2, -0.15) is 0 Å². The zero-order chi connectivity index (χ0) is 14.1. The summed E-state index contributed by atoms with van der Waals surface area (Å²) in [5.74, 6) is 0.0620. The van der Waals surface area contributed by atoms with Crippen LogP contribution < -0.4 is 0 Å². The van der Waals surface area contributed by atoms with E-state index < -0.39 is 15.9 Å². The average molecular weight is 303 g/mol. The number of rotatable bonds is 8. The minimum atomic E-state index is -3.35. The average Bonchev–Trinajstić information content (AvgIpc) is 2.43. The van der Waals surface area contributed by atoms with Gasteiger partial charge in [-0.25, -0.2) is 8.42 Å². The van der Waals surface area contributed by atoms with E-state index in [0.29, 0.717) is 11.5 Å². The number of benzene rings is 1. The molecular weight excluding hydrogens is 284 g/mol. The molecule has 0 saturated heterocycles. The van der Waals surface area contributed by atoms with Gasteiger partial charge in [0.2, 0.25) is 0 Å². The van der Waals surface area contributed by atoms with Crippen LogP contribution in [0.1, 0.15) is 13.3 Å². The van der Waals surface area contributed by atoms with Gasteiger partial charge >= 0.3 is 0 Å². The number of ether oxygens (including phenoxy) is 1. The maximum Gasteiger partial charge on any atom is 0.180 e. The molecule has 5 heteroatoms. The molecule has 1 aromatic carbocycles. The summed E-state index contributed by atoms with van der Waals surface area (Å²) in [5.41, 5.74) is 0. The van der Waals surface area contributed by atoms with Gasteiger partial charge in [-0.1, -0.05) is 37.3 Å². The van der Waals surface area contributed by atoms with Crippen molar-refractivity contribution in [2.45, 2.75) is 24.3 Å². The molecule has 1 atom stereocenters. The van der Waals surface area contributed by atoms with Crippen LogP contribution in [0.15, 0.2) is 47.4 Å². The highest BCUT2D eigenvalue weighted by molar-refractivity contribution is 7.91. The summed E-state index contributed by atoms with van der Waals surface area (Å²) in [6, 6.07) is 8.35. The van der Waals surface area contributed by atoms with Crippen molar-refractivity contribution >= 4 is 21.4 Å². The fourth-order valence-corrected chi connectivity index (χ4v) is 3.33. The minimum absolute atomic E-state index is 0.0967. The van der Waals surface area contributed by atoms with Crippen LogP contribution in [0.4, 0.5) is 0 Å². The van der Waals surface area contributed by atoms with Crippen molar-refractivity contribution in [1.29, 1.82) is 0 Å². The molecule has 19 heavy (non-hydrogen) atoms. The van der Waals surface area contributed by atoms with Gasteiger partial charge in [0.25, 0.3) is 0 Å². The van der Waals surface area contributed by atoms with E-state index in [1.54, 1.807) is 30.3 Å². The summed E-state index contributed by atoms with van der Waals surface area (Å²) in [6.45, 7) is 2.41. The molecule has 1 rings (SSSR count). The second-order valence-electron chi connectivity index (χ2n) is 4.08. The molecular formula is C14H19ClO3S. The number of hydrogen-bond donors (Lipinski definition) is 0. The van der Waals surface area contributed by atoms with Crippen LogP contribution in [0.3, 0.4) is 0 Å². The van der Waals surface area contributed by atoms with Gasteiger partial charge in [0.1, 0.15) is 0 Å². The maximum atomic E-state index is 12.1. The number of allylic oxidation sites excluding steroid dienone is 1. The van der Waals surface area contributed by atoms with Gasteiger partial charge in [-0.15, -0.1) is 11.6 Å². The fraction of sp³-hybridized carbons (Fsp3) is 0.429. The summed E-state index contributed by atoms with van der Waals surface area (Å²) >= 11 is 5.76. The van der Waals surface area contributed by atoms with Crippen molar-refractivity contribution < 1.29 is 13.2 Å². The second-order valence-corrected chi connectivity index (χ2v) is 6.43. The second kappa shape index (κ2) is 8.35. The lowest BCUT2D eigenvalue weighted by molar-refractivity contribution is 0.107. The van der Waals surface area contributed by atoms with E-state index in [1.165, 1.54) is 0 Å². The molecule has 0 aliphatic rings. The molecule has 0 saturated carbocycles. The van der Waals surface area contributed by atoms with Gasteiger partial charge in [-0.3, -0.25) is 0 Å². The quantitative estimate of drug-likeness (QED) is 0.547. The Morgan fingerprint density at radius 3 is 2.53 bits per heavy atom. The number of hydrogen-bond acceptors (Lipinski definition) is 3. The standard InChI is InChI=1S/C14H19ClO3S/c1-2-3-7-10-18-13(11-15)12-19(16,17)14-8-5-4-6-9-14/h3-9,13H,2,10-12H2,1H3/b7-3+. The molecule has 3 nitrogen and oxygen atoms in total. The Labute approximate surface area is 120 Å². The van der Waals surface area contributed by atoms with Crippen LogP contribution in [-0.4, -0.2) is 32.8 Å². The van der Waals surface area contributed by atoms with E-state index in [9.17, 15) is 8.42 Å². The zero-order valence-electron chi connectivity index (χ0n) is 11.0. The molecule has 0 aliphatic heterocycles. The molecule has 0 aliphatic carbocycles. The normalized spacial score (nSPS) is 13.8. The summed E-state index contributed by atoms with van der Waals surface area (Å²) in [6.07, 6.45) is 4.27. The molecule has 1 aromatic rings. The third kappa shape index (κ3) is 5.76. The van der Waals surface area contributed by atoms with Crippen LogP contribution in [0.2, 0.25) is 0 Å². The predicted molar refractivity (Wildman–Crippen MR) is 78.4 cm³/mol. The first-order valence-electron chi connectivity index (χ1n) is 6.20. The molecule has 106 valence electrons. The third-order valence-electron chi connectivity index (χ3n) is 2.51. The Morgan fingerprint density at radius 1 is 1.26 bits per heavy atom. The Balaban J connectivity index is 2.62. The Morgan fingerprint density at radius 2 is 1.95 bits per heavy atom. The van der Waals surface area contributed by atoms with E-state index in [4.69, 9.17) is 16.3 Å². The summed E-state index contributed by atoms with van der Waals surface area (Å²) in [7, 11) is -3.35. The summed E-state index contributed by atoms with van der Waals surface area (Å²) in [4.78, 5) is 0.304. The van der Waals surface area contributed by atoms with Crippen LogP contribution in [-0.2, 0) is 14.6 Å². The molecule has 0 bridgehead atoms. The predicted octanol–water partition coefficient (Wildman–Crippen LogP) is 3.05. The van der Waals surface area contributed by atoms with E-state index in [0.717, 1.165) is 6.42 Å². The molecule has 1 unspecified atom stereocenters. The van der Waals surface area contributed by atoms with Crippen LogP contribution >= 0.6 is 11.6 Å². The van der Waals surface area contributed by atoms with Gasteiger partial charge in [0.05, 0.1) is 23.4 Å². The van der Waals surface area contributed by atoms with Crippen LogP contribution in [0.5, 0.6) is 0 Å². The Bertz CT molecular complexity index is 483. The first-order chi connectivity index (χ1) is 9.10. The van der Waals surface area contributed by atoms with E-state index in [1.807, 2.05) is 19.1 Å². The van der Waals surface area contributed by atoms with Gasteiger partial charge in [0, 0.05) is 5.88 Å². The van der Waals surface area contributed by atoms with Crippen molar-refractivity contribution in [2.75, 3.05) is 18.2 Å². The van der Waals surface area contributed by atoms with Crippen LogP contribution in [0.25, 0.3) is 0 Å². The number of sulfone groups is 1. The topological polar surface area (TPSA) is 43.4 Å². The van der Waals surface area contributed by atoms with E-state index in [-0.39, 0.29) is 11.6 Å². The Kier molecular flexibility index (Phi) is 7.13. The highest BCUT2D eigenvalue weighted by Gasteiger charge is 2.20. The molecule has 0 fully saturated rings. The van der Waals surface area contributed by atoms with Crippen LogP contribution in [0, 0.1) is 0 Å². The first kappa shape index (κ1) is 16.2. The molecule has 0 amide bonds. The summed E-state index contributed by atoms with van der Waals surface area (Å²) in [5, 5.41) is 0.